The van der Waals surface area contributed by atoms with E-state index in [-0.39, 0.29) is 5.91 Å². The van der Waals surface area contributed by atoms with Gasteiger partial charge in [0, 0.05) is 13.6 Å². The highest BCUT2D eigenvalue weighted by atomic mass is 32.1. The highest BCUT2D eigenvalue weighted by Gasteiger charge is 2.08. The minimum atomic E-state index is -0.155. The lowest BCUT2D eigenvalue weighted by Gasteiger charge is -2.06. The Morgan fingerprint density at radius 3 is 2.89 bits per heavy atom. The largest absolute Gasteiger partial charge is 0.373 e. The number of aryl methyl sites for hydroxylation is 1. The summed E-state index contributed by atoms with van der Waals surface area (Å²) in [4.78, 5) is 16.1. The lowest BCUT2D eigenvalue weighted by Crippen LogP contribution is -2.24. The molecule has 0 aliphatic carbocycles. The quantitative estimate of drug-likeness (QED) is 0.888. The van der Waals surface area contributed by atoms with Gasteiger partial charge in [0.2, 0.25) is 0 Å². The minimum absolute atomic E-state index is 0.155. The molecule has 0 bridgehead atoms. The van der Waals surface area contributed by atoms with Crippen molar-refractivity contribution in [2.75, 3.05) is 12.4 Å². The zero-order valence-electron chi connectivity index (χ0n) is 10.4. The molecular formula is C13H15N3OS. The molecule has 2 aromatic heterocycles. The Hall–Kier alpha value is -1.88. The smallest absolute Gasteiger partial charge is 0.270 e. The van der Waals surface area contributed by atoms with Gasteiger partial charge in [-0.05, 0) is 40.9 Å². The van der Waals surface area contributed by atoms with Crippen LogP contribution in [0.4, 0.5) is 5.82 Å². The summed E-state index contributed by atoms with van der Waals surface area (Å²) < 4.78 is 0. The van der Waals surface area contributed by atoms with Crippen LogP contribution in [0.25, 0.3) is 0 Å². The number of rotatable bonds is 4. The van der Waals surface area contributed by atoms with Gasteiger partial charge in [0.1, 0.15) is 11.5 Å². The van der Waals surface area contributed by atoms with E-state index in [4.69, 9.17) is 0 Å². The van der Waals surface area contributed by atoms with E-state index in [1.165, 1.54) is 5.56 Å². The van der Waals surface area contributed by atoms with Crippen LogP contribution >= 0.6 is 11.3 Å². The standard InChI is InChI=1S/C13H15N3OS/c1-9-7-18-8-10(9)6-15-13(17)11-4-3-5-12(14-2)16-11/h3-5,7-8H,6H2,1-2H3,(H,14,16)(H,15,17). The fraction of sp³-hybridized carbons (Fsp3) is 0.231. The van der Waals surface area contributed by atoms with Crippen LogP contribution in [-0.2, 0) is 6.54 Å². The molecule has 2 N–H and O–H groups in total. The van der Waals surface area contributed by atoms with Gasteiger partial charge in [-0.25, -0.2) is 4.98 Å². The van der Waals surface area contributed by atoms with Crippen molar-refractivity contribution >= 4 is 23.1 Å². The molecule has 0 fully saturated rings. The second-order valence-corrected chi connectivity index (χ2v) is 4.66. The normalized spacial score (nSPS) is 10.1. The molecule has 2 aromatic rings. The van der Waals surface area contributed by atoms with E-state index in [1.54, 1.807) is 24.5 Å². The summed E-state index contributed by atoms with van der Waals surface area (Å²) in [6.07, 6.45) is 0. The van der Waals surface area contributed by atoms with Gasteiger partial charge >= 0.3 is 0 Å². The van der Waals surface area contributed by atoms with Gasteiger partial charge in [-0.15, -0.1) is 0 Å². The van der Waals surface area contributed by atoms with E-state index in [0.29, 0.717) is 18.1 Å². The maximum atomic E-state index is 11.9. The number of thiophene rings is 1. The molecule has 18 heavy (non-hydrogen) atoms. The Labute approximate surface area is 110 Å². The van der Waals surface area contributed by atoms with Crippen LogP contribution in [0.5, 0.6) is 0 Å². The molecule has 2 heterocycles. The lowest BCUT2D eigenvalue weighted by atomic mass is 10.2. The summed E-state index contributed by atoms with van der Waals surface area (Å²) in [6, 6.07) is 5.33. The number of hydrogen-bond donors (Lipinski definition) is 2. The second kappa shape index (κ2) is 5.64. The van der Waals surface area contributed by atoms with E-state index < -0.39 is 0 Å². The van der Waals surface area contributed by atoms with Gasteiger partial charge in [0.05, 0.1) is 0 Å². The van der Waals surface area contributed by atoms with E-state index in [0.717, 1.165) is 5.56 Å². The van der Waals surface area contributed by atoms with Crippen LogP contribution in [0, 0.1) is 6.92 Å². The van der Waals surface area contributed by atoms with Gasteiger partial charge < -0.3 is 10.6 Å². The molecule has 94 valence electrons. The number of hydrogen-bond acceptors (Lipinski definition) is 4. The van der Waals surface area contributed by atoms with Crippen molar-refractivity contribution in [3.05, 3.63) is 45.8 Å². The highest BCUT2D eigenvalue weighted by molar-refractivity contribution is 7.08. The topological polar surface area (TPSA) is 54.0 Å². The maximum Gasteiger partial charge on any atom is 0.270 e. The van der Waals surface area contributed by atoms with Crippen molar-refractivity contribution in [2.45, 2.75) is 13.5 Å². The zero-order chi connectivity index (χ0) is 13.0. The lowest BCUT2D eigenvalue weighted by molar-refractivity contribution is 0.0946. The molecule has 1 amide bonds. The Kier molecular flexibility index (Phi) is 3.94. The van der Waals surface area contributed by atoms with Crippen LogP contribution in [0.15, 0.2) is 29.0 Å². The molecule has 0 aliphatic heterocycles. The average molecular weight is 261 g/mol. The van der Waals surface area contributed by atoms with Crippen molar-refractivity contribution in [3.8, 4) is 0 Å². The molecule has 0 aromatic carbocycles. The van der Waals surface area contributed by atoms with E-state index >= 15 is 0 Å². The Bertz CT molecular complexity index is 551. The number of carbonyl (C=O) groups excluding carboxylic acids is 1. The first-order valence-corrected chi connectivity index (χ1v) is 6.59. The third kappa shape index (κ3) is 2.87. The first-order valence-electron chi connectivity index (χ1n) is 5.65. The number of amides is 1. The molecule has 0 spiro atoms. The first kappa shape index (κ1) is 12.6. The van der Waals surface area contributed by atoms with Crippen molar-refractivity contribution in [3.63, 3.8) is 0 Å². The zero-order valence-corrected chi connectivity index (χ0v) is 11.2. The molecule has 0 radical (unpaired) electrons. The fourth-order valence-electron chi connectivity index (χ4n) is 1.53. The molecule has 2 rings (SSSR count). The van der Waals surface area contributed by atoms with Gasteiger partial charge in [-0.1, -0.05) is 6.07 Å². The van der Waals surface area contributed by atoms with E-state index in [1.807, 2.05) is 24.4 Å². The van der Waals surface area contributed by atoms with Crippen LogP contribution in [0.3, 0.4) is 0 Å². The van der Waals surface area contributed by atoms with Gasteiger partial charge in [-0.3, -0.25) is 4.79 Å². The van der Waals surface area contributed by atoms with Crippen molar-refractivity contribution < 1.29 is 4.79 Å². The Balaban J connectivity index is 2.01. The number of pyridine rings is 1. The summed E-state index contributed by atoms with van der Waals surface area (Å²) in [6.45, 7) is 2.58. The summed E-state index contributed by atoms with van der Waals surface area (Å²) in [5, 5.41) is 9.90. The molecule has 4 nitrogen and oxygen atoms in total. The SMILES string of the molecule is CNc1cccc(C(=O)NCc2cscc2C)n1. The minimum Gasteiger partial charge on any atom is -0.373 e. The number of aromatic nitrogens is 1. The van der Waals surface area contributed by atoms with Gasteiger partial charge in [-0.2, -0.15) is 11.3 Å². The maximum absolute atomic E-state index is 11.9. The molecule has 0 unspecified atom stereocenters. The van der Waals surface area contributed by atoms with E-state index in [2.05, 4.69) is 21.0 Å². The second-order valence-electron chi connectivity index (χ2n) is 3.92. The van der Waals surface area contributed by atoms with Gasteiger partial charge in [0.25, 0.3) is 5.91 Å². The third-order valence-electron chi connectivity index (χ3n) is 2.64. The predicted molar refractivity (Wildman–Crippen MR) is 74.0 cm³/mol. The Morgan fingerprint density at radius 1 is 1.39 bits per heavy atom. The third-order valence-corrected chi connectivity index (χ3v) is 3.55. The molecule has 0 aliphatic rings. The summed E-state index contributed by atoms with van der Waals surface area (Å²) in [5.74, 6) is 0.534. The number of nitrogens with zero attached hydrogens (tertiary/aromatic N) is 1. The highest BCUT2D eigenvalue weighted by Crippen LogP contribution is 2.13. The van der Waals surface area contributed by atoms with Crippen LogP contribution in [0.1, 0.15) is 21.6 Å². The fourth-order valence-corrected chi connectivity index (χ4v) is 2.39. The monoisotopic (exact) mass is 261 g/mol. The molecule has 5 heteroatoms. The summed E-state index contributed by atoms with van der Waals surface area (Å²) >= 11 is 1.64. The van der Waals surface area contributed by atoms with Crippen LogP contribution < -0.4 is 10.6 Å². The number of anilines is 1. The predicted octanol–water partition coefficient (Wildman–Crippen LogP) is 2.42. The van der Waals surface area contributed by atoms with Crippen LogP contribution in [-0.4, -0.2) is 17.9 Å². The van der Waals surface area contributed by atoms with E-state index in [9.17, 15) is 4.79 Å². The summed E-state index contributed by atoms with van der Waals surface area (Å²) in [7, 11) is 1.78. The van der Waals surface area contributed by atoms with Crippen LogP contribution in [0.2, 0.25) is 0 Å². The molecule has 0 saturated heterocycles. The first-order chi connectivity index (χ1) is 8.70. The molecule has 0 saturated carbocycles. The Morgan fingerprint density at radius 2 is 2.22 bits per heavy atom. The number of carbonyl (C=O) groups is 1. The van der Waals surface area contributed by atoms with Gasteiger partial charge in [0.15, 0.2) is 0 Å². The van der Waals surface area contributed by atoms with Crippen molar-refractivity contribution in [2.24, 2.45) is 0 Å². The molecule has 0 atom stereocenters. The van der Waals surface area contributed by atoms with Crippen molar-refractivity contribution in [1.29, 1.82) is 0 Å². The average Bonchev–Trinajstić information content (AvgIpc) is 2.81. The summed E-state index contributed by atoms with van der Waals surface area (Å²) in [5.41, 5.74) is 2.78. The van der Waals surface area contributed by atoms with Crippen molar-refractivity contribution in [1.82, 2.24) is 10.3 Å². The number of nitrogens with one attached hydrogen (secondary N) is 2. The molecular weight excluding hydrogens is 246 g/mol.